The fourth-order valence-corrected chi connectivity index (χ4v) is 2.67. The number of esters is 1. The molecule has 1 N–H and O–H groups in total. The maximum absolute atomic E-state index is 12.1. The van der Waals surface area contributed by atoms with E-state index in [2.05, 4.69) is 28.7 Å². The van der Waals surface area contributed by atoms with E-state index in [1.807, 2.05) is 0 Å². The average Bonchev–Trinajstić information content (AvgIpc) is 2.99. The number of carbonyl (C=O) groups is 1. The predicted molar refractivity (Wildman–Crippen MR) is 95.0 cm³/mol. The number of sulfonamides is 1. The van der Waals surface area contributed by atoms with E-state index in [-0.39, 0.29) is 12.5 Å². The molecule has 142 valence electrons. The van der Waals surface area contributed by atoms with Gasteiger partial charge in [-0.15, -0.1) is 0 Å². The number of nitrogens with zero attached hydrogens (tertiary/aromatic N) is 2. The van der Waals surface area contributed by atoms with Gasteiger partial charge in [-0.3, -0.25) is 0 Å². The van der Waals surface area contributed by atoms with Crippen LogP contribution in [-0.2, 0) is 34.2 Å². The first kappa shape index (κ1) is 20.1. The van der Waals surface area contributed by atoms with Gasteiger partial charge in [0, 0.05) is 13.0 Å². The number of ether oxygens (including phenoxy) is 1. The van der Waals surface area contributed by atoms with E-state index >= 15 is 0 Å². The Bertz CT molecular complexity index is 828. The number of hydrogen-bond acceptors (Lipinski definition) is 7. The molecule has 0 radical (unpaired) electrons. The summed E-state index contributed by atoms with van der Waals surface area (Å²) in [6.07, 6.45) is 2.34. The van der Waals surface area contributed by atoms with Crippen LogP contribution in [0.4, 0.5) is 0 Å². The molecule has 1 heterocycles. The molecule has 0 atom stereocenters. The third kappa shape index (κ3) is 6.93. The second-order valence-electron chi connectivity index (χ2n) is 6.39. The molecule has 9 heteroatoms. The van der Waals surface area contributed by atoms with Crippen LogP contribution >= 0.6 is 0 Å². The van der Waals surface area contributed by atoms with Crippen molar-refractivity contribution in [1.29, 1.82) is 0 Å². The Morgan fingerprint density at radius 3 is 2.58 bits per heavy atom. The smallest absolute Gasteiger partial charge is 0.338 e. The molecular formula is C17H23N3O5S. The van der Waals surface area contributed by atoms with Crippen LogP contribution in [0, 0.1) is 5.92 Å². The Labute approximate surface area is 153 Å². The molecule has 0 amide bonds. The Hall–Kier alpha value is -2.26. The monoisotopic (exact) mass is 381 g/mol. The number of carbonyl (C=O) groups excluding carboxylic acids is 1. The molecule has 0 unspecified atom stereocenters. The summed E-state index contributed by atoms with van der Waals surface area (Å²) in [5.74, 6) is 0.777. The molecule has 0 aliphatic rings. The molecule has 0 aliphatic carbocycles. The maximum atomic E-state index is 12.1. The molecule has 1 aromatic heterocycles. The van der Waals surface area contributed by atoms with Gasteiger partial charge < -0.3 is 9.26 Å². The molecule has 0 bridgehead atoms. The van der Waals surface area contributed by atoms with Crippen LogP contribution in [-0.4, -0.2) is 37.3 Å². The van der Waals surface area contributed by atoms with Gasteiger partial charge in [0.05, 0.1) is 11.8 Å². The fourth-order valence-electron chi connectivity index (χ4n) is 2.20. The van der Waals surface area contributed by atoms with Gasteiger partial charge in [-0.25, -0.2) is 17.9 Å². The summed E-state index contributed by atoms with van der Waals surface area (Å²) >= 11 is 0. The standard InChI is InChI=1S/C17H23N3O5S/c1-12(2)10-15-19-16(25-20-15)11-24-17(21)14-6-4-13(5-7-14)8-9-18-26(3,22)23/h4-7,12,18H,8-11H2,1-3H3. The van der Waals surface area contributed by atoms with Gasteiger partial charge in [-0.2, -0.15) is 4.98 Å². The molecular weight excluding hydrogens is 358 g/mol. The molecule has 0 aliphatic heterocycles. The highest BCUT2D eigenvalue weighted by Crippen LogP contribution is 2.09. The molecule has 8 nitrogen and oxygen atoms in total. The van der Waals surface area contributed by atoms with Crippen molar-refractivity contribution in [3.63, 3.8) is 0 Å². The summed E-state index contributed by atoms with van der Waals surface area (Å²) in [5, 5.41) is 3.84. The number of nitrogens with one attached hydrogen (secondary N) is 1. The normalized spacial score (nSPS) is 11.7. The molecule has 26 heavy (non-hydrogen) atoms. The van der Waals surface area contributed by atoms with Crippen molar-refractivity contribution < 1.29 is 22.5 Å². The first-order valence-electron chi connectivity index (χ1n) is 8.25. The zero-order valence-electron chi connectivity index (χ0n) is 15.1. The van der Waals surface area contributed by atoms with Crippen molar-refractivity contribution in [2.45, 2.75) is 33.3 Å². The van der Waals surface area contributed by atoms with Crippen LogP contribution in [0.25, 0.3) is 0 Å². The number of hydrogen-bond donors (Lipinski definition) is 1. The lowest BCUT2D eigenvalue weighted by molar-refractivity contribution is 0.0430. The van der Waals surface area contributed by atoms with Crippen LogP contribution in [0.15, 0.2) is 28.8 Å². The topological polar surface area (TPSA) is 111 Å². The van der Waals surface area contributed by atoms with Crippen molar-refractivity contribution in [2.75, 3.05) is 12.8 Å². The molecule has 1 aromatic carbocycles. The quantitative estimate of drug-likeness (QED) is 0.658. The zero-order valence-corrected chi connectivity index (χ0v) is 15.9. The van der Waals surface area contributed by atoms with Gasteiger partial charge in [-0.05, 0) is 30.0 Å². The third-order valence-electron chi connectivity index (χ3n) is 3.40. The lowest BCUT2D eigenvalue weighted by Gasteiger charge is -2.05. The van der Waals surface area contributed by atoms with E-state index in [1.165, 1.54) is 0 Å². The molecule has 0 spiro atoms. The highest BCUT2D eigenvalue weighted by molar-refractivity contribution is 7.88. The van der Waals surface area contributed by atoms with Gasteiger partial charge in [0.1, 0.15) is 0 Å². The lowest BCUT2D eigenvalue weighted by atomic mass is 10.1. The van der Waals surface area contributed by atoms with Crippen molar-refractivity contribution in [2.24, 2.45) is 5.92 Å². The number of rotatable bonds is 9. The van der Waals surface area contributed by atoms with E-state index in [0.29, 0.717) is 36.7 Å². The van der Waals surface area contributed by atoms with Gasteiger partial charge >= 0.3 is 5.97 Å². The largest absolute Gasteiger partial charge is 0.452 e. The average molecular weight is 381 g/mol. The van der Waals surface area contributed by atoms with Gasteiger partial charge in [-0.1, -0.05) is 31.1 Å². The van der Waals surface area contributed by atoms with Crippen LogP contribution in [0.5, 0.6) is 0 Å². The second kappa shape index (κ2) is 8.91. The second-order valence-corrected chi connectivity index (χ2v) is 8.22. The van der Waals surface area contributed by atoms with Crippen LogP contribution in [0.3, 0.4) is 0 Å². The molecule has 2 rings (SSSR count). The Morgan fingerprint density at radius 1 is 1.27 bits per heavy atom. The van der Waals surface area contributed by atoms with Crippen molar-refractivity contribution in [3.05, 3.63) is 47.1 Å². The SMILES string of the molecule is CC(C)Cc1noc(COC(=O)c2ccc(CCNS(C)(=O)=O)cc2)n1. The molecule has 0 saturated heterocycles. The van der Waals surface area contributed by atoms with Gasteiger partial charge in [0.25, 0.3) is 5.89 Å². The van der Waals surface area contributed by atoms with Crippen molar-refractivity contribution in [1.82, 2.24) is 14.9 Å². The summed E-state index contributed by atoms with van der Waals surface area (Å²) < 4.78 is 34.7. The van der Waals surface area contributed by atoms with E-state index < -0.39 is 16.0 Å². The summed E-state index contributed by atoms with van der Waals surface area (Å²) in [7, 11) is -3.20. The van der Waals surface area contributed by atoms with Crippen LogP contribution in [0.1, 0.15) is 41.5 Å². The number of benzene rings is 1. The molecule has 0 saturated carbocycles. The summed E-state index contributed by atoms with van der Waals surface area (Å²) in [5.41, 5.74) is 1.31. The maximum Gasteiger partial charge on any atom is 0.338 e. The van der Waals surface area contributed by atoms with Crippen molar-refractivity contribution >= 4 is 16.0 Å². The van der Waals surface area contributed by atoms with Gasteiger partial charge in [0.2, 0.25) is 10.0 Å². The van der Waals surface area contributed by atoms with Gasteiger partial charge in [0.15, 0.2) is 12.4 Å². The minimum absolute atomic E-state index is 0.0794. The Balaban J connectivity index is 1.83. The summed E-state index contributed by atoms with van der Waals surface area (Å²) in [4.78, 5) is 16.2. The third-order valence-corrected chi connectivity index (χ3v) is 4.12. The highest BCUT2D eigenvalue weighted by Gasteiger charge is 2.12. The zero-order chi connectivity index (χ0) is 19.2. The van der Waals surface area contributed by atoms with Crippen LogP contribution < -0.4 is 4.72 Å². The molecule has 0 fully saturated rings. The first-order valence-corrected chi connectivity index (χ1v) is 10.1. The van der Waals surface area contributed by atoms with Crippen molar-refractivity contribution in [3.8, 4) is 0 Å². The van der Waals surface area contributed by atoms with E-state index in [1.54, 1.807) is 24.3 Å². The number of aromatic nitrogens is 2. The Kier molecular flexibility index (Phi) is 6.87. The predicted octanol–water partition coefficient (Wildman–Crippen LogP) is 1.72. The van der Waals surface area contributed by atoms with Crippen LogP contribution in [0.2, 0.25) is 0 Å². The minimum atomic E-state index is -3.20. The first-order chi connectivity index (χ1) is 12.2. The Morgan fingerprint density at radius 2 is 1.96 bits per heavy atom. The minimum Gasteiger partial charge on any atom is -0.452 e. The highest BCUT2D eigenvalue weighted by atomic mass is 32.2. The van der Waals surface area contributed by atoms with E-state index in [0.717, 1.165) is 11.8 Å². The van der Waals surface area contributed by atoms with E-state index in [9.17, 15) is 13.2 Å². The van der Waals surface area contributed by atoms with E-state index in [4.69, 9.17) is 9.26 Å². The molecule has 2 aromatic rings. The summed E-state index contributed by atoms with van der Waals surface area (Å²) in [6, 6.07) is 6.79. The summed E-state index contributed by atoms with van der Waals surface area (Å²) in [6.45, 7) is 4.33. The lowest BCUT2D eigenvalue weighted by Crippen LogP contribution is -2.24. The fraction of sp³-hybridized carbons (Fsp3) is 0.471.